The number of halogens is 1. The largest absolute Gasteiger partial charge is 0.478 e. The van der Waals surface area contributed by atoms with Crippen LogP contribution >= 0.6 is 11.6 Å². The third-order valence-corrected chi connectivity index (χ3v) is 4.06. The molecule has 2 amide bonds. The molecule has 1 aliphatic rings. The van der Waals surface area contributed by atoms with E-state index in [1.54, 1.807) is 36.4 Å². The standard InChI is InChI=1S/C18H13ClN2O4/c19-14-15(20-13-9-5-4-8-12(13)18(24)25)17(23)21(16(14)22)10-11-6-2-1-3-7-11/h1-9,20H,10H2,(H,24,25). The lowest BCUT2D eigenvalue weighted by Gasteiger charge is -2.15. The molecule has 0 bridgehead atoms. The first-order valence-electron chi connectivity index (χ1n) is 7.38. The normalized spacial score (nSPS) is 14.2. The Morgan fingerprint density at radius 2 is 1.64 bits per heavy atom. The van der Waals surface area contributed by atoms with Crippen LogP contribution in [-0.4, -0.2) is 27.8 Å². The summed E-state index contributed by atoms with van der Waals surface area (Å²) in [6.07, 6.45) is 0. The molecule has 0 spiro atoms. The molecule has 1 heterocycles. The van der Waals surface area contributed by atoms with Gasteiger partial charge in [-0.1, -0.05) is 54.1 Å². The maximum absolute atomic E-state index is 12.6. The number of carbonyl (C=O) groups is 3. The van der Waals surface area contributed by atoms with E-state index in [1.807, 2.05) is 6.07 Å². The number of carboxylic acid groups (broad SMARTS) is 1. The molecule has 0 aromatic heterocycles. The Morgan fingerprint density at radius 3 is 2.32 bits per heavy atom. The zero-order valence-electron chi connectivity index (χ0n) is 12.9. The number of aromatic carboxylic acids is 1. The molecule has 126 valence electrons. The van der Waals surface area contributed by atoms with E-state index < -0.39 is 17.8 Å². The van der Waals surface area contributed by atoms with E-state index >= 15 is 0 Å². The number of rotatable bonds is 5. The van der Waals surface area contributed by atoms with Gasteiger partial charge in [0.1, 0.15) is 10.7 Å². The molecule has 0 saturated carbocycles. The summed E-state index contributed by atoms with van der Waals surface area (Å²) in [5, 5.41) is 11.6. The second-order valence-electron chi connectivity index (χ2n) is 5.35. The Balaban J connectivity index is 1.87. The zero-order valence-corrected chi connectivity index (χ0v) is 13.7. The van der Waals surface area contributed by atoms with Gasteiger partial charge in [-0.25, -0.2) is 4.79 Å². The summed E-state index contributed by atoms with van der Waals surface area (Å²) in [6.45, 7) is 0.0838. The van der Waals surface area contributed by atoms with Crippen molar-refractivity contribution >= 4 is 35.1 Å². The Morgan fingerprint density at radius 1 is 1.00 bits per heavy atom. The van der Waals surface area contributed by atoms with Crippen LogP contribution in [0.25, 0.3) is 0 Å². The van der Waals surface area contributed by atoms with E-state index in [-0.39, 0.29) is 28.5 Å². The van der Waals surface area contributed by atoms with Gasteiger partial charge in [0.2, 0.25) is 0 Å². The highest BCUT2D eigenvalue weighted by atomic mass is 35.5. The highest BCUT2D eigenvalue weighted by Crippen LogP contribution is 2.28. The number of amides is 2. The lowest BCUT2D eigenvalue weighted by atomic mass is 10.1. The van der Waals surface area contributed by atoms with Gasteiger partial charge in [0.25, 0.3) is 11.8 Å². The number of carbonyl (C=O) groups excluding carboxylic acids is 2. The second-order valence-corrected chi connectivity index (χ2v) is 5.72. The number of hydrogen-bond acceptors (Lipinski definition) is 4. The van der Waals surface area contributed by atoms with E-state index in [0.717, 1.165) is 10.5 Å². The lowest BCUT2D eigenvalue weighted by molar-refractivity contribution is -0.138. The first-order valence-corrected chi connectivity index (χ1v) is 7.76. The Labute approximate surface area is 148 Å². The fourth-order valence-corrected chi connectivity index (χ4v) is 2.71. The van der Waals surface area contributed by atoms with Crippen LogP contribution in [0.5, 0.6) is 0 Å². The maximum atomic E-state index is 12.6. The third-order valence-electron chi connectivity index (χ3n) is 3.71. The van der Waals surface area contributed by atoms with Crippen molar-refractivity contribution in [2.75, 3.05) is 5.32 Å². The number of benzene rings is 2. The van der Waals surface area contributed by atoms with E-state index in [9.17, 15) is 19.5 Å². The summed E-state index contributed by atoms with van der Waals surface area (Å²) < 4.78 is 0. The number of hydrogen-bond donors (Lipinski definition) is 2. The molecular formula is C18H13ClN2O4. The number of imide groups is 1. The molecule has 2 aromatic rings. The average molecular weight is 357 g/mol. The van der Waals surface area contributed by atoms with E-state index in [4.69, 9.17) is 11.6 Å². The number of nitrogens with one attached hydrogen (secondary N) is 1. The molecule has 0 unspecified atom stereocenters. The van der Waals surface area contributed by atoms with Gasteiger partial charge in [-0.05, 0) is 17.7 Å². The van der Waals surface area contributed by atoms with Crippen molar-refractivity contribution in [3.05, 3.63) is 76.5 Å². The summed E-state index contributed by atoms with van der Waals surface area (Å²) in [6, 6.07) is 15.1. The van der Waals surface area contributed by atoms with E-state index in [0.29, 0.717) is 0 Å². The van der Waals surface area contributed by atoms with Gasteiger partial charge in [-0.15, -0.1) is 0 Å². The van der Waals surface area contributed by atoms with E-state index in [1.165, 1.54) is 12.1 Å². The molecule has 0 aliphatic carbocycles. The zero-order chi connectivity index (χ0) is 18.0. The summed E-state index contributed by atoms with van der Waals surface area (Å²) >= 11 is 6.02. The molecule has 0 radical (unpaired) electrons. The minimum absolute atomic E-state index is 0.0266. The van der Waals surface area contributed by atoms with Crippen molar-refractivity contribution in [1.29, 1.82) is 0 Å². The summed E-state index contributed by atoms with van der Waals surface area (Å²) in [5.41, 5.74) is 0.809. The number of nitrogens with zero attached hydrogens (tertiary/aromatic N) is 1. The Kier molecular flexibility index (Phi) is 4.54. The number of anilines is 1. The van der Waals surface area contributed by atoms with Crippen molar-refractivity contribution in [2.24, 2.45) is 0 Å². The molecule has 7 heteroatoms. The molecular weight excluding hydrogens is 344 g/mol. The third kappa shape index (κ3) is 3.25. The van der Waals surface area contributed by atoms with Crippen LogP contribution in [0.2, 0.25) is 0 Å². The smallest absolute Gasteiger partial charge is 0.337 e. The monoisotopic (exact) mass is 356 g/mol. The van der Waals surface area contributed by atoms with Crippen LogP contribution in [0.4, 0.5) is 5.69 Å². The van der Waals surface area contributed by atoms with Crippen molar-refractivity contribution in [3.63, 3.8) is 0 Å². The SMILES string of the molecule is O=C(O)c1ccccc1NC1=C(Cl)C(=O)N(Cc2ccccc2)C1=O. The Bertz CT molecular complexity index is 893. The average Bonchev–Trinajstić information content (AvgIpc) is 2.81. The van der Waals surface area contributed by atoms with Crippen LogP contribution < -0.4 is 5.32 Å². The molecule has 0 fully saturated rings. The minimum atomic E-state index is -1.15. The van der Waals surface area contributed by atoms with Crippen LogP contribution in [0.1, 0.15) is 15.9 Å². The fourth-order valence-electron chi connectivity index (χ4n) is 2.48. The molecule has 6 nitrogen and oxygen atoms in total. The number of carboxylic acids is 1. The topological polar surface area (TPSA) is 86.7 Å². The first-order chi connectivity index (χ1) is 12.0. The second kappa shape index (κ2) is 6.78. The van der Waals surface area contributed by atoms with Crippen LogP contribution in [0.15, 0.2) is 65.3 Å². The van der Waals surface area contributed by atoms with E-state index in [2.05, 4.69) is 5.32 Å². The van der Waals surface area contributed by atoms with Gasteiger partial charge in [-0.3, -0.25) is 14.5 Å². The quantitative estimate of drug-likeness (QED) is 0.804. The van der Waals surface area contributed by atoms with Crippen LogP contribution in [0, 0.1) is 0 Å². The predicted molar refractivity (Wildman–Crippen MR) is 91.9 cm³/mol. The van der Waals surface area contributed by atoms with Crippen molar-refractivity contribution in [1.82, 2.24) is 4.90 Å². The van der Waals surface area contributed by atoms with Gasteiger partial charge in [-0.2, -0.15) is 0 Å². The Hall–Kier alpha value is -3.12. The minimum Gasteiger partial charge on any atom is -0.478 e. The van der Waals surface area contributed by atoms with Gasteiger partial charge in [0.05, 0.1) is 17.8 Å². The van der Waals surface area contributed by atoms with Gasteiger partial charge in [0.15, 0.2) is 0 Å². The maximum Gasteiger partial charge on any atom is 0.337 e. The van der Waals surface area contributed by atoms with Crippen molar-refractivity contribution in [3.8, 4) is 0 Å². The highest BCUT2D eigenvalue weighted by Gasteiger charge is 2.38. The van der Waals surface area contributed by atoms with Gasteiger partial charge in [0, 0.05) is 0 Å². The highest BCUT2D eigenvalue weighted by molar-refractivity contribution is 6.48. The summed E-state index contributed by atoms with van der Waals surface area (Å²) in [5.74, 6) is -2.37. The van der Waals surface area contributed by atoms with Crippen molar-refractivity contribution in [2.45, 2.75) is 6.54 Å². The van der Waals surface area contributed by atoms with Gasteiger partial charge >= 0.3 is 5.97 Å². The fraction of sp³-hybridized carbons (Fsp3) is 0.0556. The first kappa shape index (κ1) is 16.7. The molecule has 3 rings (SSSR count). The molecule has 0 atom stereocenters. The molecule has 2 aromatic carbocycles. The molecule has 1 aliphatic heterocycles. The van der Waals surface area contributed by atoms with Crippen LogP contribution in [0.3, 0.4) is 0 Å². The molecule has 25 heavy (non-hydrogen) atoms. The predicted octanol–water partition coefficient (Wildman–Crippen LogP) is 2.82. The number of para-hydroxylation sites is 1. The van der Waals surface area contributed by atoms with Gasteiger partial charge < -0.3 is 10.4 Å². The van der Waals surface area contributed by atoms with Crippen LogP contribution in [-0.2, 0) is 16.1 Å². The van der Waals surface area contributed by atoms with Crippen molar-refractivity contribution < 1.29 is 19.5 Å². The lowest BCUT2D eigenvalue weighted by Crippen LogP contribution is -2.31. The summed E-state index contributed by atoms with van der Waals surface area (Å²) in [7, 11) is 0. The molecule has 2 N–H and O–H groups in total. The molecule has 0 saturated heterocycles. The summed E-state index contributed by atoms with van der Waals surface area (Å²) in [4.78, 5) is 37.2.